The fourth-order valence-corrected chi connectivity index (χ4v) is 4.36. The van der Waals surface area contributed by atoms with Gasteiger partial charge in [-0.25, -0.2) is 13.1 Å². The summed E-state index contributed by atoms with van der Waals surface area (Å²) in [7, 11) is -1.77. The molecule has 25 heavy (non-hydrogen) atoms. The molecule has 8 heteroatoms. The highest BCUT2D eigenvalue weighted by molar-refractivity contribution is 7.89. The van der Waals surface area contributed by atoms with Crippen LogP contribution in [-0.4, -0.2) is 52.8 Å². The van der Waals surface area contributed by atoms with Gasteiger partial charge < -0.3 is 15.4 Å². The van der Waals surface area contributed by atoms with Crippen LogP contribution in [0.25, 0.3) is 0 Å². The highest BCUT2D eigenvalue weighted by atomic mass is 32.2. The first-order valence-electron chi connectivity index (χ1n) is 8.67. The number of hydrogen-bond acceptors (Lipinski definition) is 4. The molecule has 7 nitrogen and oxygen atoms in total. The molecule has 0 amide bonds. The first-order valence-corrected chi connectivity index (χ1v) is 10.2. The summed E-state index contributed by atoms with van der Waals surface area (Å²) in [6.07, 6.45) is 3.89. The van der Waals surface area contributed by atoms with E-state index in [0.717, 1.165) is 24.8 Å². The lowest BCUT2D eigenvalue weighted by Crippen LogP contribution is -2.48. The maximum absolute atomic E-state index is 12.2. The molecule has 0 radical (unpaired) electrons. The number of nitrogens with one attached hydrogen (secondary N) is 3. The Morgan fingerprint density at radius 1 is 1.24 bits per heavy atom. The van der Waals surface area contributed by atoms with Crippen molar-refractivity contribution < 1.29 is 13.2 Å². The van der Waals surface area contributed by atoms with Crippen LogP contribution in [0.15, 0.2) is 34.2 Å². The van der Waals surface area contributed by atoms with E-state index in [1.54, 1.807) is 31.3 Å². The summed E-state index contributed by atoms with van der Waals surface area (Å²) in [5, 5.41) is 6.51. The summed E-state index contributed by atoms with van der Waals surface area (Å²) < 4.78 is 32.9. The normalized spacial score (nSPS) is 26.0. The summed E-state index contributed by atoms with van der Waals surface area (Å²) >= 11 is 0. The minimum Gasteiger partial charge on any atom is -0.373 e. The van der Waals surface area contributed by atoms with Gasteiger partial charge in [0, 0.05) is 20.1 Å². The molecule has 0 saturated carbocycles. The van der Waals surface area contributed by atoms with Gasteiger partial charge >= 0.3 is 0 Å². The number of nitrogens with zero attached hydrogens (tertiary/aromatic N) is 1. The minimum atomic E-state index is -3.48. The summed E-state index contributed by atoms with van der Waals surface area (Å²) in [5.41, 5.74) is 1.03. The quantitative estimate of drug-likeness (QED) is 0.393. The lowest BCUT2D eigenvalue weighted by molar-refractivity contribution is 0.0992. The monoisotopic (exact) mass is 366 g/mol. The van der Waals surface area contributed by atoms with Crippen LogP contribution in [0.5, 0.6) is 0 Å². The van der Waals surface area contributed by atoms with Gasteiger partial charge in [-0.3, -0.25) is 4.99 Å². The van der Waals surface area contributed by atoms with E-state index in [1.165, 1.54) is 0 Å². The number of rotatable bonds is 6. The molecular formula is C17H26N4O3S. The molecule has 0 aliphatic carbocycles. The highest BCUT2D eigenvalue weighted by Gasteiger charge is 2.41. The van der Waals surface area contributed by atoms with Crippen molar-refractivity contribution in [2.75, 3.05) is 20.1 Å². The molecule has 2 heterocycles. The first-order chi connectivity index (χ1) is 12.0. The summed E-state index contributed by atoms with van der Waals surface area (Å²) in [6.45, 7) is 2.66. The molecule has 2 aliphatic rings. The van der Waals surface area contributed by atoms with Crippen LogP contribution in [0.2, 0.25) is 0 Å². The number of aliphatic imine (C=N–C) groups is 1. The number of sulfonamides is 1. The molecule has 138 valence electrons. The van der Waals surface area contributed by atoms with Crippen LogP contribution in [0, 0.1) is 6.92 Å². The van der Waals surface area contributed by atoms with E-state index in [0.29, 0.717) is 18.6 Å². The smallest absolute Gasteiger partial charge is 0.240 e. The Labute approximate surface area is 149 Å². The topological polar surface area (TPSA) is 91.8 Å². The van der Waals surface area contributed by atoms with E-state index in [9.17, 15) is 8.42 Å². The lowest BCUT2D eigenvalue weighted by Gasteiger charge is -2.22. The van der Waals surface area contributed by atoms with Gasteiger partial charge in [-0.05, 0) is 38.3 Å². The van der Waals surface area contributed by atoms with Crippen LogP contribution in [-0.2, 0) is 14.8 Å². The van der Waals surface area contributed by atoms with Gasteiger partial charge in [0.25, 0.3) is 0 Å². The third-order valence-corrected chi connectivity index (χ3v) is 6.17. The Kier molecular flexibility index (Phi) is 5.61. The molecule has 1 aromatic rings. The van der Waals surface area contributed by atoms with Crippen LogP contribution in [0.1, 0.15) is 24.8 Å². The predicted octanol–water partition coefficient (Wildman–Crippen LogP) is 0.758. The number of ether oxygens (including phenoxy) is 1. The average Bonchev–Trinajstić information content (AvgIpc) is 3.21. The SMILES string of the molecule is CN=C(NCCNS(=O)(=O)c1ccc(C)cc1)NC1CC2CCC1O2. The molecule has 0 aromatic heterocycles. The molecule has 3 atom stereocenters. The van der Waals surface area contributed by atoms with E-state index in [1.807, 2.05) is 6.92 Å². The molecule has 2 fully saturated rings. The lowest BCUT2D eigenvalue weighted by atomic mass is 9.96. The Morgan fingerprint density at radius 3 is 2.60 bits per heavy atom. The fraction of sp³-hybridized carbons (Fsp3) is 0.588. The van der Waals surface area contributed by atoms with Crippen LogP contribution < -0.4 is 15.4 Å². The van der Waals surface area contributed by atoms with Crippen molar-refractivity contribution in [2.24, 2.45) is 4.99 Å². The molecule has 2 saturated heterocycles. The van der Waals surface area contributed by atoms with Crippen LogP contribution >= 0.6 is 0 Å². The van der Waals surface area contributed by atoms with Gasteiger partial charge in [0.05, 0.1) is 23.1 Å². The Morgan fingerprint density at radius 2 is 2.00 bits per heavy atom. The highest BCUT2D eigenvalue weighted by Crippen LogP contribution is 2.34. The maximum Gasteiger partial charge on any atom is 0.240 e. The van der Waals surface area contributed by atoms with Crippen molar-refractivity contribution in [3.63, 3.8) is 0 Å². The number of hydrogen-bond donors (Lipinski definition) is 3. The van der Waals surface area contributed by atoms with Crippen molar-refractivity contribution in [2.45, 2.75) is 49.3 Å². The van der Waals surface area contributed by atoms with Crippen molar-refractivity contribution in [3.8, 4) is 0 Å². The third-order valence-electron chi connectivity index (χ3n) is 4.69. The second-order valence-corrected chi connectivity index (χ2v) is 8.34. The summed E-state index contributed by atoms with van der Waals surface area (Å²) in [4.78, 5) is 4.48. The summed E-state index contributed by atoms with van der Waals surface area (Å²) in [5.74, 6) is 0.677. The third kappa shape index (κ3) is 4.50. The summed E-state index contributed by atoms with van der Waals surface area (Å²) in [6, 6.07) is 7.09. The molecule has 3 N–H and O–H groups in total. The van der Waals surface area contributed by atoms with Crippen molar-refractivity contribution in [3.05, 3.63) is 29.8 Å². The molecular weight excluding hydrogens is 340 g/mol. The minimum absolute atomic E-state index is 0.267. The molecule has 1 aromatic carbocycles. The van der Waals surface area contributed by atoms with Gasteiger partial charge in [-0.1, -0.05) is 17.7 Å². The maximum atomic E-state index is 12.2. The Balaban J connectivity index is 1.43. The van der Waals surface area contributed by atoms with Gasteiger partial charge in [-0.2, -0.15) is 0 Å². The van der Waals surface area contributed by atoms with E-state index >= 15 is 0 Å². The van der Waals surface area contributed by atoms with E-state index in [4.69, 9.17) is 4.74 Å². The van der Waals surface area contributed by atoms with Gasteiger partial charge in [0.15, 0.2) is 5.96 Å². The van der Waals surface area contributed by atoms with Crippen LogP contribution in [0.4, 0.5) is 0 Å². The largest absolute Gasteiger partial charge is 0.373 e. The van der Waals surface area contributed by atoms with Gasteiger partial charge in [0.2, 0.25) is 10.0 Å². The van der Waals surface area contributed by atoms with E-state index in [2.05, 4.69) is 20.3 Å². The predicted molar refractivity (Wildman–Crippen MR) is 97.2 cm³/mol. The molecule has 2 bridgehead atoms. The average molecular weight is 366 g/mol. The van der Waals surface area contributed by atoms with Crippen molar-refractivity contribution in [1.29, 1.82) is 0 Å². The standard InChI is InChI=1S/C17H26N4O3S/c1-12-3-6-14(7-4-12)25(22,23)20-10-9-19-17(18-2)21-15-11-13-5-8-16(15)24-13/h3-4,6-7,13,15-16,20H,5,8-11H2,1-2H3,(H2,18,19,21). The Bertz CT molecular complexity index is 718. The molecule has 2 aliphatic heterocycles. The zero-order valence-electron chi connectivity index (χ0n) is 14.7. The molecule has 3 unspecified atom stereocenters. The van der Waals surface area contributed by atoms with Gasteiger partial charge in [0.1, 0.15) is 0 Å². The van der Waals surface area contributed by atoms with Gasteiger partial charge in [-0.15, -0.1) is 0 Å². The number of benzene rings is 1. The number of fused-ring (bicyclic) bond motifs is 2. The fourth-order valence-electron chi connectivity index (χ4n) is 3.33. The number of aryl methyl sites for hydroxylation is 1. The van der Waals surface area contributed by atoms with Crippen molar-refractivity contribution >= 4 is 16.0 Å². The molecule has 0 spiro atoms. The Hall–Kier alpha value is -1.64. The van der Waals surface area contributed by atoms with Crippen LogP contribution in [0.3, 0.4) is 0 Å². The number of guanidine groups is 1. The zero-order chi connectivity index (χ0) is 17.9. The second-order valence-electron chi connectivity index (χ2n) is 6.57. The second kappa shape index (κ2) is 7.72. The molecule has 3 rings (SSSR count). The van der Waals surface area contributed by atoms with E-state index < -0.39 is 10.0 Å². The van der Waals surface area contributed by atoms with E-state index in [-0.39, 0.29) is 23.6 Å². The first kappa shape index (κ1) is 18.2. The zero-order valence-corrected chi connectivity index (χ0v) is 15.5. The van der Waals surface area contributed by atoms with Crippen molar-refractivity contribution in [1.82, 2.24) is 15.4 Å².